The van der Waals surface area contributed by atoms with Gasteiger partial charge in [-0.1, -0.05) is 33.6 Å². The first-order chi connectivity index (χ1) is 13.8. The molecule has 3 nitrogen and oxygen atoms in total. The Morgan fingerprint density at radius 2 is 1.79 bits per heavy atom. The van der Waals surface area contributed by atoms with Gasteiger partial charge in [0.1, 0.15) is 5.78 Å². The number of carboxylic acid groups (broad SMARTS) is 1. The first kappa shape index (κ1) is 21.4. The molecule has 1 N–H and O–H groups in total. The van der Waals surface area contributed by atoms with Crippen LogP contribution in [-0.4, -0.2) is 16.9 Å². The summed E-state index contributed by atoms with van der Waals surface area (Å²) < 4.78 is 0. The van der Waals surface area contributed by atoms with Crippen molar-refractivity contribution >= 4 is 11.8 Å². The van der Waals surface area contributed by atoms with Crippen molar-refractivity contribution in [3.05, 3.63) is 0 Å². The Morgan fingerprint density at radius 1 is 1.03 bits per heavy atom. The maximum Gasteiger partial charge on any atom is 0.303 e. The summed E-state index contributed by atoms with van der Waals surface area (Å²) in [5, 5.41) is 8.89. The highest BCUT2D eigenvalue weighted by atomic mass is 16.4. The zero-order valence-corrected chi connectivity index (χ0v) is 18.9. The Balaban J connectivity index is 1.43. The summed E-state index contributed by atoms with van der Waals surface area (Å²) in [5.41, 5.74) is 0.903. The first-order valence-corrected chi connectivity index (χ1v) is 12.5. The van der Waals surface area contributed by atoms with E-state index in [1.165, 1.54) is 44.9 Å². The van der Waals surface area contributed by atoms with E-state index in [9.17, 15) is 9.59 Å². The van der Waals surface area contributed by atoms with Gasteiger partial charge >= 0.3 is 5.97 Å². The topological polar surface area (TPSA) is 54.4 Å². The SMILES string of the molecule is C[C@H](CCCCC(=O)O)[C@H]1CC[C@H]2[C@@H]3CC[C@@H]4CC(=O)CC[C@]4(C)[C@H]3CC[C@]12C. The lowest BCUT2D eigenvalue weighted by Crippen LogP contribution is -2.53. The second-order valence-corrected chi connectivity index (χ2v) is 11.7. The van der Waals surface area contributed by atoms with Gasteiger partial charge in [-0.05, 0) is 97.7 Å². The number of carbonyl (C=O) groups excluding carboxylic acids is 1. The van der Waals surface area contributed by atoms with E-state index < -0.39 is 5.97 Å². The van der Waals surface area contributed by atoms with E-state index in [0.717, 1.165) is 61.7 Å². The molecule has 0 saturated heterocycles. The largest absolute Gasteiger partial charge is 0.481 e. The highest BCUT2D eigenvalue weighted by molar-refractivity contribution is 5.79. The van der Waals surface area contributed by atoms with Crippen LogP contribution < -0.4 is 0 Å². The molecular weight excluding hydrogens is 360 g/mol. The molecule has 0 bridgehead atoms. The number of fused-ring (bicyclic) bond motifs is 5. The third-order valence-corrected chi connectivity index (χ3v) is 10.5. The van der Waals surface area contributed by atoms with Crippen LogP contribution in [0.1, 0.15) is 104 Å². The average molecular weight is 403 g/mol. The molecule has 0 spiro atoms. The van der Waals surface area contributed by atoms with Gasteiger partial charge < -0.3 is 5.11 Å². The van der Waals surface area contributed by atoms with E-state index in [0.29, 0.717) is 29.0 Å². The van der Waals surface area contributed by atoms with Crippen LogP contribution in [0.25, 0.3) is 0 Å². The molecule has 4 saturated carbocycles. The van der Waals surface area contributed by atoms with Gasteiger partial charge in [0.25, 0.3) is 0 Å². The molecule has 0 radical (unpaired) electrons. The predicted molar refractivity (Wildman–Crippen MR) is 115 cm³/mol. The van der Waals surface area contributed by atoms with Crippen molar-refractivity contribution in [2.75, 3.05) is 0 Å². The highest BCUT2D eigenvalue weighted by Crippen LogP contribution is 2.68. The Morgan fingerprint density at radius 3 is 2.55 bits per heavy atom. The van der Waals surface area contributed by atoms with Crippen molar-refractivity contribution in [2.24, 2.45) is 46.3 Å². The number of hydrogen-bond acceptors (Lipinski definition) is 2. The Labute approximate surface area is 177 Å². The minimum atomic E-state index is -0.655. The summed E-state index contributed by atoms with van der Waals surface area (Å²) in [5.74, 6) is 4.65. The second-order valence-electron chi connectivity index (χ2n) is 11.7. The summed E-state index contributed by atoms with van der Waals surface area (Å²) in [6, 6.07) is 0. The third kappa shape index (κ3) is 3.69. The van der Waals surface area contributed by atoms with Gasteiger partial charge in [-0.25, -0.2) is 0 Å². The van der Waals surface area contributed by atoms with Crippen molar-refractivity contribution in [1.29, 1.82) is 0 Å². The minimum absolute atomic E-state index is 0.323. The van der Waals surface area contributed by atoms with Gasteiger partial charge in [0.05, 0.1) is 0 Å². The minimum Gasteiger partial charge on any atom is -0.481 e. The molecule has 0 aromatic rings. The Hall–Kier alpha value is -0.860. The number of ketones is 1. The molecule has 164 valence electrons. The number of aliphatic carboxylic acids is 1. The number of Topliss-reactive ketones (excluding diaryl/α,β-unsaturated/α-hetero) is 1. The molecule has 0 aromatic heterocycles. The van der Waals surface area contributed by atoms with Gasteiger partial charge in [-0.15, -0.1) is 0 Å². The first-order valence-electron chi connectivity index (χ1n) is 12.5. The Bertz CT molecular complexity index is 642. The van der Waals surface area contributed by atoms with Gasteiger partial charge in [-0.2, -0.15) is 0 Å². The fourth-order valence-corrected chi connectivity index (χ4v) is 8.96. The van der Waals surface area contributed by atoms with Crippen LogP contribution in [-0.2, 0) is 9.59 Å². The van der Waals surface area contributed by atoms with E-state index in [2.05, 4.69) is 20.8 Å². The van der Waals surface area contributed by atoms with E-state index in [1.807, 2.05) is 0 Å². The van der Waals surface area contributed by atoms with Crippen LogP contribution >= 0.6 is 0 Å². The summed E-state index contributed by atoms with van der Waals surface area (Å²) in [6.45, 7) is 7.59. The predicted octanol–water partition coefficient (Wildman–Crippen LogP) is 6.50. The number of hydrogen-bond donors (Lipinski definition) is 1. The zero-order chi connectivity index (χ0) is 20.8. The fourth-order valence-electron chi connectivity index (χ4n) is 8.96. The van der Waals surface area contributed by atoms with Gasteiger partial charge in [0.15, 0.2) is 0 Å². The molecule has 4 aliphatic carbocycles. The second kappa shape index (κ2) is 8.00. The lowest BCUT2D eigenvalue weighted by molar-refractivity contribution is -0.140. The molecule has 0 heterocycles. The molecule has 8 atom stereocenters. The molecule has 0 unspecified atom stereocenters. The molecule has 4 fully saturated rings. The van der Waals surface area contributed by atoms with E-state index in [4.69, 9.17) is 5.11 Å². The number of unbranched alkanes of at least 4 members (excludes halogenated alkanes) is 1. The Kier molecular flexibility index (Phi) is 5.90. The van der Waals surface area contributed by atoms with E-state index in [-0.39, 0.29) is 0 Å². The van der Waals surface area contributed by atoms with Crippen LogP contribution in [0.15, 0.2) is 0 Å². The van der Waals surface area contributed by atoms with Gasteiger partial charge in [0.2, 0.25) is 0 Å². The smallest absolute Gasteiger partial charge is 0.303 e. The molecule has 4 aliphatic rings. The quantitative estimate of drug-likeness (QED) is 0.516. The van der Waals surface area contributed by atoms with Crippen LogP contribution in [0.5, 0.6) is 0 Å². The molecule has 0 amide bonds. The number of rotatable bonds is 6. The fraction of sp³-hybridized carbons (Fsp3) is 0.923. The molecule has 4 rings (SSSR count). The third-order valence-electron chi connectivity index (χ3n) is 10.5. The molecule has 0 aromatic carbocycles. The summed E-state index contributed by atoms with van der Waals surface area (Å²) >= 11 is 0. The summed E-state index contributed by atoms with van der Waals surface area (Å²) in [6.07, 6.45) is 14.4. The van der Waals surface area contributed by atoms with Crippen LogP contribution in [0, 0.1) is 46.3 Å². The standard InChI is InChI=1S/C26H42O3/c1-17(6-4-5-7-24(28)29)21-10-11-22-20-9-8-18-16-19(27)12-14-25(18,2)23(20)13-15-26(21,22)3/h17-18,20-23H,4-16H2,1-3H3,(H,28,29)/t17-,18-,20+,21-,22+,23+,25+,26-/m1/s1. The van der Waals surface area contributed by atoms with Crippen molar-refractivity contribution in [2.45, 2.75) is 104 Å². The van der Waals surface area contributed by atoms with Crippen molar-refractivity contribution in [3.8, 4) is 0 Å². The van der Waals surface area contributed by atoms with Crippen molar-refractivity contribution < 1.29 is 14.7 Å². The molecule has 3 heteroatoms. The van der Waals surface area contributed by atoms with Gasteiger partial charge in [-0.3, -0.25) is 9.59 Å². The number of carboxylic acids is 1. The summed E-state index contributed by atoms with van der Waals surface area (Å²) in [7, 11) is 0. The van der Waals surface area contributed by atoms with Crippen molar-refractivity contribution in [3.63, 3.8) is 0 Å². The molecule has 0 aliphatic heterocycles. The average Bonchev–Trinajstić information content (AvgIpc) is 3.03. The molecule has 29 heavy (non-hydrogen) atoms. The lowest BCUT2D eigenvalue weighted by atomic mass is 9.44. The van der Waals surface area contributed by atoms with Crippen LogP contribution in [0.4, 0.5) is 0 Å². The monoisotopic (exact) mass is 402 g/mol. The normalized spacial score (nSPS) is 45.2. The van der Waals surface area contributed by atoms with Crippen molar-refractivity contribution in [1.82, 2.24) is 0 Å². The zero-order valence-electron chi connectivity index (χ0n) is 18.9. The lowest BCUT2D eigenvalue weighted by Gasteiger charge is -2.60. The molecular formula is C26H42O3. The van der Waals surface area contributed by atoms with E-state index in [1.54, 1.807) is 0 Å². The number of carbonyl (C=O) groups is 2. The van der Waals surface area contributed by atoms with Gasteiger partial charge in [0, 0.05) is 19.3 Å². The maximum absolute atomic E-state index is 12.1. The maximum atomic E-state index is 12.1. The van der Waals surface area contributed by atoms with Crippen LogP contribution in [0.3, 0.4) is 0 Å². The van der Waals surface area contributed by atoms with Crippen LogP contribution in [0.2, 0.25) is 0 Å². The summed E-state index contributed by atoms with van der Waals surface area (Å²) in [4.78, 5) is 22.9. The van der Waals surface area contributed by atoms with E-state index >= 15 is 0 Å². The highest BCUT2D eigenvalue weighted by Gasteiger charge is 2.60.